The summed E-state index contributed by atoms with van der Waals surface area (Å²) in [7, 11) is 0. The maximum atomic E-state index is 13.8. The van der Waals surface area contributed by atoms with Gasteiger partial charge in [-0.25, -0.2) is 9.78 Å². The zero-order valence-corrected chi connectivity index (χ0v) is 27.6. The largest absolute Gasteiger partial charge is 0.480 e. The molecule has 48 heavy (non-hydrogen) atoms. The number of hydrogen-bond acceptors (Lipinski definition) is 8. The molecule has 1 fully saturated rings. The number of piperidine rings is 1. The summed E-state index contributed by atoms with van der Waals surface area (Å²) >= 11 is 1.75. The monoisotopic (exact) mass is 659 g/mol. The van der Waals surface area contributed by atoms with Gasteiger partial charge in [0, 0.05) is 71.7 Å². The van der Waals surface area contributed by atoms with Crippen molar-refractivity contribution in [2.45, 2.75) is 45.2 Å². The number of hydrogen-bond donors (Lipinski definition) is 3. The van der Waals surface area contributed by atoms with Gasteiger partial charge in [-0.2, -0.15) is 0 Å². The summed E-state index contributed by atoms with van der Waals surface area (Å²) in [5.41, 5.74) is 7.89. The van der Waals surface area contributed by atoms with E-state index in [0.717, 1.165) is 94.3 Å². The van der Waals surface area contributed by atoms with E-state index >= 15 is 0 Å². The third kappa shape index (κ3) is 5.51. The molecule has 2 aromatic carbocycles. The predicted octanol–water partition coefficient (Wildman–Crippen LogP) is 6.92. The molecule has 11 heteroatoms. The van der Waals surface area contributed by atoms with Gasteiger partial charge in [0.05, 0.1) is 11.4 Å². The molecule has 5 aromatic rings. The number of benzene rings is 2. The fraction of sp³-hybridized carbons (Fsp3) is 0.297. The molecular formula is C37H37N7O3S. The van der Waals surface area contributed by atoms with Crippen LogP contribution in [0.4, 0.5) is 16.3 Å². The molecule has 244 valence electrons. The number of thioether (sulfide) groups is 1. The molecule has 1 amide bonds. The van der Waals surface area contributed by atoms with E-state index in [9.17, 15) is 14.7 Å². The molecule has 0 bridgehead atoms. The lowest BCUT2D eigenvalue weighted by molar-refractivity contribution is -0.144. The highest BCUT2D eigenvalue weighted by Crippen LogP contribution is 2.38. The lowest BCUT2D eigenvalue weighted by Gasteiger charge is -2.32. The van der Waals surface area contributed by atoms with E-state index < -0.39 is 12.0 Å². The van der Waals surface area contributed by atoms with Crippen LogP contribution in [0.1, 0.15) is 36.8 Å². The summed E-state index contributed by atoms with van der Waals surface area (Å²) in [5.74, 6) is 0.555. The molecule has 3 aliphatic heterocycles. The minimum absolute atomic E-state index is 0.0102. The number of amides is 1. The Morgan fingerprint density at radius 1 is 1.08 bits per heavy atom. The SMILES string of the molecule is Cc1c(Nc2nccc3cc(CN4CCCC[C@H]4C(=O)O)cnc23)cccc1-c1cccc2c1ccn2C(=O)N1CSC2=C1CCNC2. The number of carbonyl (C=O) groups is 2. The van der Waals surface area contributed by atoms with Crippen molar-refractivity contribution in [2.24, 2.45) is 0 Å². The number of rotatable bonds is 6. The van der Waals surface area contributed by atoms with Gasteiger partial charge in [-0.1, -0.05) is 30.7 Å². The van der Waals surface area contributed by atoms with Crippen LogP contribution in [0.15, 0.2) is 83.8 Å². The number of aromatic nitrogens is 3. The van der Waals surface area contributed by atoms with Crippen molar-refractivity contribution in [1.29, 1.82) is 0 Å². The van der Waals surface area contributed by atoms with Gasteiger partial charge in [-0.05, 0) is 78.9 Å². The molecule has 3 aromatic heterocycles. The average molecular weight is 660 g/mol. The van der Waals surface area contributed by atoms with Gasteiger partial charge in [0.1, 0.15) is 11.6 Å². The summed E-state index contributed by atoms with van der Waals surface area (Å²) in [4.78, 5) is 40.3. The van der Waals surface area contributed by atoms with Crippen molar-refractivity contribution in [1.82, 2.24) is 29.7 Å². The van der Waals surface area contributed by atoms with Gasteiger partial charge in [0.2, 0.25) is 0 Å². The Labute approximate surface area is 282 Å². The number of carbonyl (C=O) groups excluding carboxylic acids is 1. The summed E-state index contributed by atoms with van der Waals surface area (Å²) in [6.07, 6.45) is 9.01. The number of nitrogens with one attached hydrogen (secondary N) is 2. The molecule has 1 atom stereocenters. The van der Waals surface area contributed by atoms with E-state index in [1.54, 1.807) is 22.5 Å². The molecule has 0 unspecified atom stereocenters. The molecule has 1 saturated heterocycles. The topological polar surface area (TPSA) is 116 Å². The first kappa shape index (κ1) is 30.6. The van der Waals surface area contributed by atoms with E-state index in [1.165, 1.54) is 4.91 Å². The highest BCUT2D eigenvalue weighted by Gasteiger charge is 2.31. The summed E-state index contributed by atoms with van der Waals surface area (Å²) in [6.45, 7) is 5.15. The van der Waals surface area contributed by atoms with Gasteiger partial charge >= 0.3 is 12.0 Å². The fourth-order valence-corrected chi connectivity index (χ4v) is 8.46. The third-order valence-electron chi connectivity index (χ3n) is 9.83. The Bertz CT molecular complexity index is 2110. The molecule has 0 aliphatic carbocycles. The van der Waals surface area contributed by atoms with Crippen LogP contribution in [-0.4, -0.2) is 73.0 Å². The predicted molar refractivity (Wildman–Crippen MR) is 190 cm³/mol. The van der Waals surface area contributed by atoms with Crippen LogP contribution in [-0.2, 0) is 11.3 Å². The number of carboxylic acids is 1. The van der Waals surface area contributed by atoms with E-state index in [4.69, 9.17) is 4.98 Å². The first-order valence-electron chi connectivity index (χ1n) is 16.5. The minimum Gasteiger partial charge on any atom is -0.480 e. The van der Waals surface area contributed by atoms with Crippen molar-refractivity contribution in [2.75, 3.05) is 30.8 Å². The van der Waals surface area contributed by atoms with Crippen LogP contribution in [0.5, 0.6) is 0 Å². The van der Waals surface area contributed by atoms with E-state index in [1.807, 2.05) is 58.6 Å². The van der Waals surface area contributed by atoms with Gasteiger partial charge in [0.25, 0.3) is 0 Å². The Kier molecular flexibility index (Phi) is 8.11. The molecule has 6 heterocycles. The number of pyridine rings is 2. The summed E-state index contributed by atoms with van der Waals surface area (Å²) < 4.78 is 1.78. The van der Waals surface area contributed by atoms with Crippen molar-refractivity contribution in [3.63, 3.8) is 0 Å². The van der Waals surface area contributed by atoms with Crippen LogP contribution in [0.25, 0.3) is 32.9 Å². The second-order valence-electron chi connectivity index (χ2n) is 12.7. The Balaban J connectivity index is 1.07. The van der Waals surface area contributed by atoms with E-state index in [2.05, 4.69) is 40.7 Å². The van der Waals surface area contributed by atoms with E-state index in [0.29, 0.717) is 24.7 Å². The second-order valence-corrected chi connectivity index (χ2v) is 13.7. The molecule has 0 radical (unpaired) electrons. The number of nitrogens with zero attached hydrogens (tertiary/aromatic N) is 5. The highest BCUT2D eigenvalue weighted by atomic mass is 32.2. The van der Waals surface area contributed by atoms with Gasteiger partial charge in [-0.15, -0.1) is 11.8 Å². The van der Waals surface area contributed by atoms with Crippen molar-refractivity contribution in [3.8, 4) is 11.1 Å². The fourth-order valence-electron chi connectivity index (χ4n) is 7.33. The van der Waals surface area contributed by atoms with Crippen molar-refractivity contribution < 1.29 is 14.7 Å². The smallest absolute Gasteiger partial charge is 0.333 e. The zero-order valence-electron chi connectivity index (χ0n) is 26.8. The van der Waals surface area contributed by atoms with Crippen LogP contribution in [0.3, 0.4) is 0 Å². The normalized spacial score (nSPS) is 18.4. The molecule has 8 rings (SSSR count). The first-order chi connectivity index (χ1) is 23.5. The third-order valence-corrected chi connectivity index (χ3v) is 10.9. The highest BCUT2D eigenvalue weighted by molar-refractivity contribution is 8.03. The lowest BCUT2D eigenvalue weighted by Crippen LogP contribution is -2.44. The average Bonchev–Trinajstić information content (AvgIpc) is 3.74. The Hall–Kier alpha value is -4.71. The van der Waals surface area contributed by atoms with E-state index in [-0.39, 0.29) is 6.03 Å². The zero-order chi connectivity index (χ0) is 32.8. The van der Waals surface area contributed by atoms with Gasteiger partial charge in [0.15, 0.2) is 5.82 Å². The van der Waals surface area contributed by atoms with Crippen molar-refractivity contribution >= 4 is 57.1 Å². The van der Waals surface area contributed by atoms with Crippen LogP contribution in [0, 0.1) is 6.92 Å². The Morgan fingerprint density at radius 2 is 1.96 bits per heavy atom. The Morgan fingerprint density at radius 3 is 2.85 bits per heavy atom. The number of fused-ring (bicyclic) bond motifs is 2. The molecular weight excluding hydrogens is 623 g/mol. The summed E-state index contributed by atoms with van der Waals surface area (Å²) in [6, 6.07) is 17.9. The number of likely N-dealkylation sites (tertiary alicyclic amines) is 1. The first-order valence-corrected chi connectivity index (χ1v) is 17.5. The van der Waals surface area contributed by atoms with Gasteiger partial charge < -0.3 is 15.7 Å². The number of carboxylic acid groups (broad SMARTS) is 1. The molecule has 0 spiro atoms. The number of aliphatic carboxylic acids is 1. The van der Waals surface area contributed by atoms with Crippen LogP contribution < -0.4 is 10.6 Å². The maximum Gasteiger partial charge on any atom is 0.333 e. The van der Waals surface area contributed by atoms with Gasteiger partial charge in [-0.3, -0.25) is 24.1 Å². The summed E-state index contributed by atoms with van der Waals surface area (Å²) in [5, 5.41) is 18.6. The minimum atomic E-state index is -0.756. The quantitative estimate of drug-likeness (QED) is 0.179. The van der Waals surface area contributed by atoms with Crippen LogP contribution in [0.2, 0.25) is 0 Å². The van der Waals surface area contributed by atoms with Crippen molar-refractivity contribution in [3.05, 3.63) is 94.9 Å². The number of anilines is 2. The standard InChI is InChI=1S/C37H37N7O3S/c1-23-26(27-7-5-10-30-28(27)13-17-43(30)37(47)44-22-48-33-20-38-14-12-31(33)44)6-4-8-29(23)41-35-34-25(11-15-39-35)18-24(19-40-34)21-42-16-3-2-9-32(42)36(45)46/h4-8,10-11,13,15,17-19,32,38H,2-3,9,12,14,16,20-22H2,1H3,(H,39,41)(H,45,46)/t32-/m0/s1. The molecule has 10 nitrogen and oxygen atoms in total. The lowest BCUT2D eigenvalue weighted by atomic mass is 9.96. The maximum absolute atomic E-state index is 13.8. The molecule has 3 N–H and O–H groups in total. The second kappa shape index (κ2) is 12.7. The molecule has 0 saturated carbocycles. The molecule has 3 aliphatic rings. The van der Waals surface area contributed by atoms with Crippen LogP contribution >= 0.6 is 11.8 Å².